The molecular weight excluding hydrogens is 302 g/mol. The van der Waals surface area contributed by atoms with Crippen LogP contribution in [-0.4, -0.2) is 9.80 Å². The van der Waals surface area contributed by atoms with Crippen LogP contribution in [0.1, 0.15) is 38.8 Å². The molecule has 0 radical (unpaired) electrons. The van der Waals surface area contributed by atoms with E-state index in [-0.39, 0.29) is 16.6 Å². The Labute approximate surface area is 140 Å². The summed E-state index contributed by atoms with van der Waals surface area (Å²) in [5.74, 6) is 0.274. The fourth-order valence-corrected chi connectivity index (χ4v) is 7.14. The second-order valence-corrected chi connectivity index (χ2v) is 9.68. The number of nitrogens with zero attached hydrogens (tertiary/aromatic N) is 1. The van der Waals surface area contributed by atoms with Crippen molar-refractivity contribution >= 4 is 15.8 Å². The predicted molar refractivity (Wildman–Crippen MR) is 97.8 cm³/mol. The number of benzene rings is 2. The first kappa shape index (κ1) is 16.4. The van der Waals surface area contributed by atoms with Gasteiger partial charge in [-0.05, 0) is 40.8 Å². The van der Waals surface area contributed by atoms with E-state index in [1.807, 2.05) is 49.4 Å². The standard InChI is InChI=1S/C20H25NOS/c1-14(2)19-20(4,5)17-8-6-7-9-18(17)21-23(19,22)16-12-10-15(3)11-13-16/h6-14,19H,1-5H3/t19-,23?/m0/s1. The monoisotopic (exact) mass is 327 g/mol. The largest absolute Gasteiger partial charge is 0.626 e. The Morgan fingerprint density at radius 3 is 2.26 bits per heavy atom. The van der Waals surface area contributed by atoms with E-state index in [4.69, 9.17) is 4.36 Å². The zero-order valence-electron chi connectivity index (χ0n) is 14.5. The number of hydrogen-bond donors (Lipinski definition) is 0. The third kappa shape index (κ3) is 2.56. The highest BCUT2D eigenvalue weighted by atomic mass is 32.3. The number of aryl methyl sites for hydroxylation is 1. The van der Waals surface area contributed by atoms with Crippen LogP contribution in [-0.2, 0) is 15.5 Å². The molecule has 2 aromatic rings. The van der Waals surface area contributed by atoms with Crippen LogP contribution in [0.2, 0.25) is 0 Å². The molecule has 0 aromatic heterocycles. The van der Waals surface area contributed by atoms with Gasteiger partial charge in [-0.15, -0.1) is 4.36 Å². The van der Waals surface area contributed by atoms with Crippen LogP contribution in [0.25, 0.3) is 0 Å². The van der Waals surface area contributed by atoms with Crippen LogP contribution < -0.4 is 0 Å². The van der Waals surface area contributed by atoms with Crippen molar-refractivity contribution < 1.29 is 4.55 Å². The number of rotatable bonds is 2. The topological polar surface area (TPSA) is 35.4 Å². The summed E-state index contributed by atoms with van der Waals surface area (Å²) in [6, 6.07) is 16.2. The minimum Gasteiger partial charge on any atom is -0.626 e. The van der Waals surface area contributed by atoms with E-state index in [9.17, 15) is 4.55 Å². The Morgan fingerprint density at radius 2 is 1.65 bits per heavy atom. The normalized spacial score (nSPS) is 25.8. The first-order valence-corrected chi connectivity index (χ1v) is 9.77. The summed E-state index contributed by atoms with van der Waals surface area (Å²) < 4.78 is 18.9. The van der Waals surface area contributed by atoms with Gasteiger partial charge >= 0.3 is 0 Å². The highest BCUT2D eigenvalue weighted by molar-refractivity contribution is 8.00. The molecule has 2 aromatic carbocycles. The van der Waals surface area contributed by atoms with Crippen molar-refractivity contribution in [1.82, 2.24) is 0 Å². The molecule has 1 unspecified atom stereocenters. The van der Waals surface area contributed by atoms with Gasteiger partial charge in [-0.1, -0.05) is 63.6 Å². The van der Waals surface area contributed by atoms with Crippen molar-refractivity contribution in [2.24, 2.45) is 10.3 Å². The molecule has 0 bridgehead atoms. The lowest BCUT2D eigenvalue weighted by atomic mass is 9.76. The van der Waals surface area contributed by atoms with E-state index in [0.29, 0.717) is 0 Å². The van der Waals surface area contributed by atoms with Gasteiger partial charge < -0.3 is 4.55 Å². The van der Waals surface area contributed by atoms with Crippen LogP contribution in [0.5, 0.6) is 0 Å². The second-order valence-electron chi connectivity index (χ2n) is 7.38. The first-order chi connectivity index (χ1) is 10.8. The molecular formula is C20H25NOS. The summed E-state index contributed by atoms with van der Waals surface area (Å²) in [6.45, 7) is 10.8. The Kier molecular flexibility index (Phi) is 3.97. The van der Waals surface area contributed by atoms with E-state index in [1.54, 1.807) is 0 Å². The van der Waals surface area contributed by atoms with Gasteiger partial charge in [-0.3, -0.25) is 0 Å². The average molecular weight is 327 g/mol. The fourth-order valence-electron chi connectivity index (χ4n) is 3.99. The minimum absolute atomic E-state index is 0.0207. The van der Waals surface area contributed by atoms with Crippen molar-refractivity contribution in [3.05, 3.63) is 59.7 Å². The second kappa shape index (κ2) is 5.57. The highest BCUT2D eigenvalue weighted by Crippen LogP contribution is 2.50. The van der Waals surface area contributed by atoms with Gasteiger partial charge in [0.25, 0.3) is 0 Å². The summed E-state index contributed by atoms with van der Waals surface area (Å²) in [6.07, 6.45) is 0. The molecule has 0 aliphatic carbocycles. The van der Waals surface area contributed by atoms with Gasteiger partial charge in [-0.25, -0.2) is 0 Å². The van der Waals surface area contributed by atoms with Crippen LogP contribution in [0, 0.1) is 12.8 Å². The Hall–Kier alpha value is -1.45. The molecule has 2 nitrogen and oxygen atoms in total. The number of fused-ring (bicyclic) bond motifs is 1. The summed E-state index contributed by atoms with van der Waals surface area (Å²) >= 11 is 0. The molecule has 0 fully saturated rings. The minimum atomic E-state index is -2.52. The molecule has 1 aliphatic heterocycles. The molecule has 0 N–H and O–H groups in total. The lowest BCUT2D eigenvalue weighted by Gasteiger charge is -2.46. The van der Waals surface area contributed by atoms with Crippen molar-refractivity contribution in [3.63, 3.8) is 0 Å². The van der Waals surface area contributed by atoms with Crippen molar-refractivity contribution in [2.75, 3.05) is 0 Å². The lowest BCUT2D eigenvalue weighted by Crippen LogP contribution is -2.48. The van der Waals surface area contributed by atoms with E-state index in [1.165, 1.54) is 11.1 Å². The zero-order chi connectivity index (χ0) is 16.8. The van der Waals surface area contributed by atoms with E-state index in [0.717, 1.165) is 10.6 Å². The Morgan fingerprint density at radius 1 is 1.04 bits per heavy atom. The third-order valence-electron chi connectivity index (χ3n) is 4.85. The smallest absolute Gasteiger partial charge is 0.137 e. The lowest BCUT2D eigenvalue weighted by molar-refractivity contribution is 0.384. The van der Waals surface area contributed by atoms with Gasteiger partial charge in [0.05, 0.1) is 0 Å². The summed E-state index contributed by atoms with van der Waals surface area (Å²) in [5.41, 5.74) is 3.06. The molecule has 1 aliphatic rings. The summed E-state index contributed by atoms with van der Waals surface area (Å²) in [5, 5.41) is -0.0207. The Balaban J connectivity index is 2.32. The quantitative estimate of drug-likeness (QED) is 0.674. The first-order valence-electron chi connectivity index (χ1n) is 8.19. The summed E-state index contributed by atoms with van der Waals surface area (Å²) in [7, 11) is -2.52. The third-order valence-corrected chi connectivity index (χ3v) is 8.09. The van der Waals surface area contributed by atoms with Crippen LogP contribution >= 0.6 is 0 Å². The summed E-state index contributed by atoms with van der Waals surface area (Å²) in [4.78, 5) is 0.851. The van der Waals surface area contributed by atoms with Crippen LogP contribution in [0.15, 0.2) is 57.8 Å². The van der Waals surface area contributed by atoms with E-state index >= 15 is 0 Å². The average Bonchev–Trinajstić information content (AvgIpc) is 2.46. The highest BCUT2D eigenvalue weighted by Gasteiger charge is 2.49. The zero-order valence-corrected chi connectivity index (χ0v) is 15.4. The maximum Gasteiger partial charge on any atom is 0.137 e. The van der Waals surface area contributed by atoms with Gasteiger partial charge in [0.2, 0.25) is 0 Å². The van der Waals surface area contributed by atoms with Gasteiger partial charge in [-0.2, -0.15) is 0 Å². The molecule has 2 atom stereocenters. The molecule has 23 heavy (non-hydrogen) atoms. The maximum absolute atomic E-state index is 14.1. The molecule has 3 rings (SSSR count). The SMILES string of the molecule is Cc1ccc([S+]2([O-])=Nc3ccccc3C(C)(C)[C@@H]2C(C)C)cc1. The Bertz CT molecular complexity index is 774. The predicted octanol–water partition coefficient (Wildman–Crippen LogP) is 5.47. The number of hydrogen-bond acceptors (Lipinski definition) is 2. The maximum atomic E-state index is 14.1. The van der Waals surface area contributed by atoms with Gasteiger partial charge in [0.15, 0.2) is 0 Å². The molecule has 0 saturated heterocycles. The molecule has 1 heterocycles. The molecule has 0 spiro atoms. The molecule has 3 heteroatoms. The molecule has 122 valence electrons. The van der Waals surface area contributed by atoms with E-state index < -0.39 is 10.1 Å². The van der Waals surface area contributed by atoms with Crippen LogP contribution in [0.4, 0.5) is 5.69 Å². The van der Waals surface area contributed by atoms with Gasteiger partial charge in [0.1, 0.15) is 15.8 Å². The fraction of sp³-hybridized carbons (Fsp3) is 0.400. The van der Waals surface area contributed by atoms with E-state index in [2.05, 4.69) is 33.8 Å². The van der Waals surface area contributed by atoms with Gasteiger partial charge in [0, 0.05) is 11.3 Å². The van der Waals surface area contributed by atoms with Crippen molar-refractivity contribution in [3.8, 4) is 0 Å². The molecule has 0 amide bonds. The van der Waals surface area contributed by atoms with Crippen LogP contribution in [0.3, 0.4) is 0 Å². The molecule has 0 saturated carbocycles. The van der Waals surface area contributed by atoms with Crippen molar-refractivity contribution in [1.29, 1.82) is 0 Å². The van der Waals surface area contributed by atoms with Crippen molar-refractivity contribution in [2.45, 2.75) is 50.2 Å².